The van der Waals surface area contributed by atoms with Crippen molar-refractivity contribution in [3.05, 3.63) is 88.8 Å². The Hall–Kier alpha value is -2.47. The number of methoxy groups -OCH3 is 1. The first-order chi connectivity index (χ1) is 14.8. The van der Waals surface area contributed by atoms with Gasteiger partial charge in [-0.3, -0.25) is 9.69 Å². The van der Waals surface area contributed by atoms with Gasteiger partial charge >= 0.3 is 0 Å². The van der Waals surface area contributed by atoms with Crippen LogP contribution in [0.4, 0.5) is 0 Å². The Bertz CT molecular complexity index is 986. The molecule has 6 heteroatoms. The van der Waals surface area contributed by atoms with Gasteiger partial charge in [-0.15, -0.1) is 12.4 Å². The zero-order valence-corrected chi connectivity index (χ0v) is 18.7. The van der Waals surface area contributed by atoms with Crippen molar-refractivity contribution < 1.29 is 4.74 Å². The monoisotopic (exact) mass is 439 g/mol. The maximum atomic E-state index is 13.0. The fourth-order valence-corrected chi connectivity index (χ4v) is 4.36. The van der Waals surface area contributed by atoms with Crippen molar-refractivity contribution >= 4 is 12.4 Å². The maximum absolute atomic E-state index is 13.0. The molecule has 0 bridgehead atoms. The summed E-state index contributed by atoms with van der Waals surface area (Å²) in [4.78, 5) is 15.5. The van der Waals surface area contributed by atoms with Gasteiger partial charge in [0.25, 0.3) is 5.56 Å². The van der Waals surface area contributed by atoms with Gasteiger partial charge < -0.3 is 4.74 Å². The van der Waals surface area contributed by atoms with E-state index in [4.69, 9.17) is 4.74 Å². The van der Waals surface area contributed by atoms with E-state index in [0.29, 0.717) is 24.6 Å². The molecule has 0 amide bonds. The van der Waals surface area contributed by atoms with E-state index >= 15 is 0 Å². The zero-order chi connectivity index (χ0) is 20.8. The van der Waals surface area contributed by atoms with E-state index < -0.39 is 0 Å². The van der Waals surface area contributed by atoms with E-state index in [1.165, 1.54) is 5.56 Å². The van der Waals surface area contributed by atoms with Crippen molar-refractivity contribution in [3.63, 3.8) is 0 Å². The summed E-state index contributed by atoms with van der Waals surface area (Å²) in [6.07, 6.45) is 3.84. The molecule has 0 spiro atoms. The average molecular weight is 440 g/mol. The van der Waals surface area contributed by atoms with Crippen LogP contribution in [0.3, 0.4) is 0 Å². The van der Waals surface area contributed by atoms with Crippen molar-refractivity contribution in [2.75, 3.05) is 26.8 Å². The summed E-state index contributed by atoms with van der Waals surface area (Å²) in [7, 11) is 1.76. The fourth-order valence-electron chi connectivity index (χ4n) is 4.36. The van der Waals surface area contributed by atoms with Gasteiger partial charge in [-0.25, -0.2) is 4.68 Å². The first kappa shape index (κ1) is 23.2. The van der Waals surface area contributed by atoms with E-state index in [1.54, 1.807) is 18.0 Å². The summed E-state index contributed by atoms with van der Waals surface area (Å²) in [6.45, 7) is 3.36. The summed E-state index contributed by atoms with van der Waals surface area (Å²) >= 11 is 0. The number of hydrogen-bond donors (Lipinski definition) is 0. The molecule has 2 heterocycles. The molecule has 1 saturated heterocycles. The van der Waals surface area contributed by atoms with Gasteiger partial charge in [0.15, 0.2) is 0 Å². The lowest BCUT2D eigenvalue weighted by atomic mass is 9.94. The van der Waals surface area contributed by atoms with Crippen molar-refractivity contribution in [2.45, 2.75) is 25.4 Å². The molecule has 1 aliphatic rings. The van der Waals surface area contributed by atoms with E-state index in [2.05, 4.69) is 34.3 Å². The number of likely N-dealkylation sites (tertiary alicyclic amines) is 1. The van der Waals surface area contributed by atoms with Crippen LogP contribution in [-0.2, 0) is 11.3 Å². The second-order valence-corrected chi connectivity index (χ2v) is 7.96. The molecule has 0 radical (unpaired) electrons. The van der Waals surface area contributed by atoms with Crippen molar-refractivity contribution in [1.29, 1.82) is 0 Å². The molecule has 0 N–H and O–H groups in total. The third-order valence-electron chi connectivity index (χ3n) is 6.03. The maximum Gasteiger partial charge on any atom is 0.274 e. The molecule has 0 aliphatic carbocycles. The highest BCUT2D eigenvalue weighted by Crippen LogP contribution is 2.28. The lowest BCUT2D eigenvalue weighted by Gasteiger charge is -2.37. The van der Waals surface area contributed by atoms with E-state index in [-0.39, 0.29) is 24.0 Å². The van der Waals surface area contributed by atoms with Crippen molar-refractivity contribution in [2.24, 2.45) is 5.92 Å². The van der Waals surface area contributed by atoms with Crippen LogP contribution in [0.1, 0.15) is 24.4 Å². The lowest BCUT2D eigenvalue weighted by Crippen LogP contribution is -2.40. The number of aromatic nitrogens is 2. The van der Waals surface area contributed by atoms with Gasteiger partial charge in [0.1, 0.15) is 0 Å². The molecular formula is C25H30ClN3O2. The van der Waals surface area contributed by atoms with Gasteiger partial charge in [-0.05, 0) is 49.0 Å². The topological polar surface area (TPSA) is 47.4 Å². The number of benzene rings is 2. The molecule has 5 nitrogen and oxygen atoms in total. The van der Waals surface area contributed by atoms with Crippen molar-refractivity contribution in [1.82, 2.24) is 14.7 Å². The van der Waals surface area contributed by atoms with Crippen LogP contribution in [0.15, 0.2) is 77.7 Å². The summed E-state index contributed by atoms with van der Waals surface area (Å²) in [5.74, 6) is 0.455. The van der Waals surface area contributed by atoms with E-state index in [0.717, 1.165) is 31.5 Å². The molecule has 3 aromatic rings. The summed E-state index contributed by atoms with van der Waals surface area (Å²) in [5, 5.41) is 4.36. The molecule has 2 aromatic carbocycles. The number of halogens is 1. The third-order valence-corrected chi connectivity index (χ3v) is 6.03. The van der Waals surface area contributed by atoms with Crippen LogP contribution in [0, 0.1) is 5.92 Å². The van der Waals surface area contributed by atoms with Gasteiger partial charge in [0, 0.05) is 19.9 Å². The Morgan fingerprint density at radius 1 is 1.00 bits per heavy atom. The van der Waals surface area contributed by atoms with Crippen LogP contribution < -0.4 is 5.56 Å². The quantitative estimate of drug-likeness (QED) is 0.546. The first-order valence-corrected chi connectivity index (χ1v) is 10.7. The van der Waals surface area contributed by atoms with Crippen LogP contribution in [0.2, 0.25) is 0 Å². The Labute approximate surface area is 190 Å². The van der Waals surface area contributed by atoms with Crippen LogP contribution in [0.5, 0.6) is 0 Å². The molecular weight excluding hydrogens is 410 g/mol. The fraction of sp³-hybridized carbons (Fsp3) is 0.360. The van der Waals surface area contributed by atoms with E-state index in [9.17, 15) is 4.79 Å². The van der Waals surface area contributed by atoms with Gasteiger partial charge in [0.05, 0.1) is 18.2 Å². The summed E-state index contributed by atoms with van der Waals surface area (Å²) < 4.78 is 7.15. The summed E-state index contributed by atoms with van der Waals surface area (Å²) in [6, 6.07) is 22.5. The van der Waals surface area contributed by atoms with Crippen LogP contribution in [-0.4, -0.2) is 41.5 Å². The lowest BCUT2D eigenvalue weighted by molar-refractivity contribution is 0.0610. The second kappa shape index (κ2) is 11.2. The van der Waals surface area contributed by atoms with Gasteiger partial charge in [-0.1, -0.05) is 60.7 Å². The number of ether oxygens (including phenoxy) is 1. The Balaban J connectivity index is 0.00000272. The second-order valence-electron chi connectivity index (χ2n) is 7.96. The predicted octanol–water partition coefficient (Wildman–Crippen LogP) is 4.43. The molecule has 164 valence electrons. The first-order valence-electron chi connectivity index (χ1n) is 10.7. The standard InChI is InChI=1S/C25H29N3O2.ClH/c1-30-19-24(22-10-6-3-7-11-22)27-16-13-20(14-17-27)18-28-25(29)23(12-15-26-28)21-8-4-2-5-9-21;/h2-12,15,20,24H,13-14,16-19H2,1H3;1H. The largest absolute Gasteiger partial charge is 0.383 e. The Kier molecular flexibility index (Phi) is 8.41. The normalized spacial score (nSPS) is 15.9. The minimum atomic E-state index is -0.00678. The molecule has 1 fully saturated rings. The average Bonchev–Trinajstić information content (AvgIpc) is 2.81. The number of nitrogens with zero attached hydrogens (tertiary/aromatic N) is 3. The minimum Gasteiger partial charge on any atom is -0.383 e. The highest BCUT2D eigenvalue weighted by molar-refractivity contribution is 5.85. The highest BCUT2D eigenvalue weighted by atomic mass is 35.5. The predicted molar refractivity (Wildman–Crippen MR) is 127 cm³/mol. The highest BCUT2D eigenvalue weighted by Gasteiger charge is 2.26. The zero-order valence-electron chi connectivity index (χ0n) is 17.9. The molecule has 31 heavy (non-hydrogen) atoms. The number of rotatable bonds is 7. The van der Waals surface area contributed by atoms with Crippen LogP contribution in [0.25, 0.3) is 11.1 Å². The number of hydrogen-bond acceptors (Lipinski definition) is 4. The molecule has 1 aliphatic heterocycles. The van der Waals surface area contributed by atoms with Crippen molar-refractivity contribution in [3.8, 4) is 11.1 Å². The van der Waals surface area contributed by atoms with E-state index in [1.807, 2.05) is 42.5 Å². The Morgan fingerprint density at radius 3 is 2.29 bits per heavy atom. The van der Waals surface area contributed by atoms with Crippen LogP contribution >= 0.6 is 12.4 Å². The molecule has 0 saturated carbocycles. The molecule has 1 atom stereocenters. The van der Waals surface area contributed by atoms with Gasteiger partial charge in [0.2, 0.25) is 0 Å². The van der Waals surface area contributed by atoms with Gasteiger partial charge in [-0.2, -0.15) is 5.10 Å². The molecule has 4 rings (SSSR count). The molecule has 1 unspecified atom stereocenters. The SMILES string of the molecule is COCC(c1ccccc1)N1CCC(Cn2nccc(-c3ccccc3)c2=O)CC1.Cl. The smallest absolute Gasteiger partial charge is 0.274 e. The molecule has 1 aromatic heterocycles. The number of piperidine rings is 1. The summed E-state index contributed by atoms with van der Waals surface area (Å²) in [5.41, 5.74) is 2.95. The third kappa shape index (κ3) is 5.62. The Morgan fingerprint density at radius 2 is 1.65 bits per heavy atom. The minimum absolute atomic E-state index is 0.